The van der Waals surface area contributed by atoms with E-state index in [1.807, 2.05) is 30.3 Å². The van der Waals surface area contributed by atoms with Crippen molar-refractivity contribution in [1.82, 2.24) is 0 Å². The smallest absolute Gasteiger partial charge is 0.417 e. The Labute approximate surface area is 170 Å². The molecule has 7 heteroatoms. The highest BCUT2D eigenvalue weighted by Crippen LogP contribution is 2.43. The van der Waals surface area contributed by atoms with Crippen LogP contribution in [-0.2, 0) is 12.8 Å². The van der Waals surface area contributed by atoms with Crippen LogP contribution in [0, 0.1) is 0 Å². The molecule has 29 heavy (non-hydrogen) atoms. The molecule has 0 aromatic heterocycles. The van der Waals surface area contributed by atoms with Gasteiger partial charge in [-0.2, -0.15) is 13.2 Å². The van der Waals surface area contributed by atoms with Gasteiger partial charge in [0.1, 0.15) is 6.61 Å². The Kier molecular flexibility index (Phi) is 6.49. The molecule has 3 rings (SSSR count). The van der Waals surface area contributed by atoms with Gasteiger partial charge in [0.25, 0.3) is 0 Å². The molecule has 0 aliphatic heterocycles. The molecule has 0 atom stereocenters. The number of rotatable bonds is 7. The van der Waals surface area contributed by atoms with Gasteiger partial charge in [-0.25, -0.2) is 0 Å². The molecule has 0 heterocycles. The summed E-state index contributed by atoms with van der Waals surface area (Å²) in [6, 6.07) is 18.0. The lowest BCUT2D eigenvalue weighted by atomic mass is 10.1. The minimum atomic E-state index is -4.57. The molecule has 0 radical (unpaired) electrons. The van der Waals surface area contributed by atoms with Gasteiger partial charge in [0.15, 0.2) is 17.8 Å². The van der Waals surface area contributed by atoms with Crippen molar-refractivity contribution in [3.63, 3.8) is 0 Å². The van der Waals surface area contributed by atoms with Crippen LogP contribution in [0.25, 0.3) is 0 Å². The topological polar surface area (TPSA) is 35.5 Å². The molecule has 0 amide bonds. The van der Waals surface area contributed by atoms with Gasteiger partial charge in [-0.3, -0.25) is 4.79 Å². The van der Waals surface area contributed by atoms with Crippen LogP contribution in [0.1, 0.15) is 21.5 Å². The zero-order valence-electron chi connectivity index (χ0n) is 15.4. The van der Waals surface area contributed by atoms with E-state index in [1.54, 1.807) is 18.2 Å². The van der Waals surface area contributed by atoms with Crippen LogP contribution in [-0.4, -0.2) is 13.4 Å². The lowest BCUT2D eigenvalue weighted by Gasteiger charge is -2.15. The van der Waals surface area contributed by atoms with Gasteiger partial charge in [0, 0.05) is 15.4 Å². The molecule has 3 aromatic rings. The van der Waals surface area contributed by atoms with Gasteiger partial charge in [-0.1, -0.05) is 54.2 Å². The maximum Gasteiger partial charge on any atom is 0.417 e. The predicted molar refractivity (Wildman–Crippen MR) is 105 cm³/mol. The summed E-state index contributed by atoms with van der Waals surface area (Å²) >= 11 is 0.858. The fourth-order valence-electron chi connectivity index (χ4n) is 2.67. The summed E-state index contributed by atoms with van der Waals surface area (Å²) in [5.74, 6) is 0.864. The third-order valence-corrected chi connectivity index (χ3v) is 5.22. The summed E-state index contributed by atoms with van der Waals surface area (Å²) in [4.78, 5) is 11.6. The number of alkyl halides is 3. The van der Waals surface area contributed by atoms with E-state index in [-0.39, 0.29) is 10.5 Å². The van der Waals surface area contributed by atoms with Crippen molar-refractivity contribution in [2.24, 2.45) is 0 Å². The predicted octanol–water partition coefficient (Wildman–Crippen LogP) is 6.26. The fourth-order valence-corrected chi connectivity index (χ4v) is 3.73. The lowest BCUT2D eigenvalue weighted by molar-refractivity contribution is -0.139. The summed E-state index contributed by atoms with van der Waals surface area (Å²) < 4.78 is 51.2. The Balaban J connectivity index is 1.87. The summed E-state index contributed by atoms with van der Waals surface area (Å²) in [6.45, 7) is 0.329. The number of methoxy groups -OCH3 is 1. The van der Waals surface area contributed by atoms with Crippen LogP contribution in [0.3, 0.4) is 0 Å². The zero-order chi connectivity index (χ0) is 20.9. The molecule has 3 nitrogen and oxygen atoms in total. The largest absolute Gasteiger partial charge is 0.493 e. The first-order valence-electron chi connectivity index (χ1n) is 8.60. The number of carbonyl (C=O) groups is 1. The van der Waals surface area contributed by atoms with E-state index in [1.165, 1.54) is 19.2 Å². The first-order chi connectivity index (χ1) is 13.9. The number of aldehydes is 1. The van der Waals surface area contributed by atoms with Gasteiger partial charge in [0.2, 0.25) is 0 Å². The Morgan fingerprint density at radius 3 is 2.38 bits per heavy atom. The highest BCUT2D eigenvalue weighted by Gasteiger charge is 2.34. The quantitative estimate of drug-likeness (QED) is 0.425. The normalized spacial score (nSPS) is 11.2. The SMILES string of the molecule is COc1cc(Sc2c(C=O)cccc2C(F)(F)F)ccc1OCc1ccccc1. The van der Waals surface area contributed by atoms with E-state index in [0.29, 0.717) is 29.3 Å². The maximum atomic E-state index is 13.4. The van der Waals surface area contributed by atoms with Crippen molar-refractivity contribution in [2.75, 3.05) is 7.11 Å². The summed E-state index contributed by atoms with van der Waals surface area (Å²) in [5.41, 5.74) is 0.103. The molecule has 3 aromatic carbocycles. The van der Waals surface area contributed by atoms with Crippen molar-refractivity contribution >= 4 is 18.0 Å². The van der Waals surface area contributed by atoms with Crippen molar-refractivity contribution < 1.29 is 27.4 Å². The first kappa shape index (κ1) is 20.8. The van der Waals surface area contributed by atoms with Crippen LogP contribution in [0.15, 0.2) is 76.5 Å². The first-order valence-corrected chi connectivity index (χ1v) is 9.42. The van der Waals surface area contributed by atoms with E-state index in [2.05, 4.69) is 0 Å². The third kappa shape index (κ3) is 5.12. The number of hydrogen-bond donors (Lipinski definition) is 0. The fraction of sp³-hybridized carbons (Fsp3) is 0.136. The van der Waals surface area contributed by atoms with Crippen LogP contribution < -0.4 is 9.47 Å². The van der Waals surface area contributed by atoms with Crippen molar-refractivity contribution in [1.29, 1.82) is 0 Å². The van der Waals surface area contributed by atoms with Crippen molar-refractivity contribution in [2.45, 2.75) is 22.6 Å². The molecule has 0 bridgehead atoms. The molecule has 0 aliphatic rings. The molecule has 0 spiro atoms. The standard InChI is InChI=1S/C22H17F3O3S/c1-27-20-12-17(10-11-19(20)28-14-15-6-3-2-4-7-15)29-21-16(13-26)8-5-9-18(21)22(23,24)25/h2-13H,14H2,1H3. The highest BCUT2D eigenvalue weighted by molar-refractivity contribution is 7.99. The second kappa shape index (κ2) is 9.05. The molecule has 0 fully saturated rings. The van der Waals surface area contributed by atoms with Gasteiger partial charge in [0.05, 0.1) is 12.7 Å². The Morgan fingerprint density at radius 2 is 1.72 bits per heavy atom. The van der Waals surface area contributed by atoms with E-state index >= 15 is 0 Å². The maximum absolute atomic E-state index is 13.4. The molecule has 150 valence electrons. The minimum absolute atomic E-state index is 0.0202. The highest BCUT2D eigenvalue weighted by atomic mass is 32.2. The third-order valence-electron chi connectivity index (χ3n) is 4.07. The van der Waals surface area contributed by atoms with Crippen molar-refractivity contribution in [3.05, 3.63) is 83.4 Å². The van der Waals surface area contributed by atoms with Crippen LogP contribution in [0.2, 0.25) is 0 Å². The Morgan fingerprint density at radius 1 is 0.966 bits per heavy atom. The Bertz CT molecular complexity index is 988. The lowest BCUT2D eigenvalue weighted by Crippen LogP contribution is -2.08. The van der Waals surface area contributed by atoms with Crippen LogP contribution >= 0.6 is 11.8 Å². The number of carbonyl (C=O) groups excluding carboxylic acids is 1. The summed E-state index contributed by atoms with van der Waals surface area (Å²) in [7, 11) is 1.46. The second-order valence-corrected chi connectivity index (χ2v) is 7.11. The van der Waals surface area contributed by atoms with E-state index in [9.17, 15) is 18.0 Å². The number of halogens is 3. The monoisotopic (exact) mass is 418 g/mol. The van der Waals surface area contributed by atoms with E-state index < -0.39 is 11.7 Å². The average molecular weight is 418 g/mol. The van der Waals surface area contributed by atoms with Crippen molar-refractivity contribution in [3.8, 4) is 11.5 Å². The van der Waals surface area contributed by atoms with Gasteiger partial charge in [-0.15, -0.1) is 0 Å². The summed E-state index contributed by atoms with van der Waals surface area (Å²) in [5, 5.41) is 0. The van der Waals surface area contributed by atoms with Crippen LogP contribution in [0.4, 0.5) is 13.2 Å². The van der Waals surface area contributed by atoms with Gasteiger partial charge >= 0.3 is 6.18 Å². The number of ether oxygens (including phenoxy) is 2. The minimum Gasteiger partial charge on any atom is -0.493 e. The molecule has 0 unspecified atom stereocenters. The van der Waals surface area contributed by atoms with E-state index in [0.717, 1.165) is 23.4 Å². The summed E-state index contributed by atoms with van der Waals surface area (Å²) in [6.07, 6.45) is -4.14. The number of benzene rings is 3. The molecule has 0 saturated carbocycles. The molecule has 0 N–H and O–H groups in total. The average Bonchev–Trinajstić information content (AvgIpc) is 2.72. The molecular formula is C22H17F3O3S. The van der Waals surface area contributed by atoms with Crippen LogP contribution in [0.5, 0.6) is 11.5 Å². The Hall–Kier alpha value is -2.93. The van der Waals surface area contributed by atoms with Gasteiger partial charge < -0.3 is 9.47 Å². The molecular weight excluding hydrogens is 401 g/mol. The molecule has 0 aliphatic carbocycles. The second-order valence-electron chi connectivity index (χ2n) is 6.03. The van der Waals surface area contributed by atoms with Gasteiger partial charge in [-0.05, 0) is 29.8 Å². The number of hydrogen-bond acceptors (Lipinski definition) is 4. The molecule has 0 saturated heterocycles. The zero-order valence-corrected chi connectivity index (χ0v) is 16.2. The van der Waals surface area contributed by atoms with E-state index in [4.69, 9.17) is 9.47 Å².